The average molecular weight is 546 g/mol. The van der Waals surface area contributed by atoms with Crippen LogP contribution in [0.3, 0.4) is 0 Å². The standard InChI is InChI=1S/C28H33Cl2N3O4/c1-36-24-6-3-17(14-25(24)37-2)13-22(26(31)34)33(23-16-32-11-7-18(23)8-12-32)27(35)28(9-10-28)20-5-4-19(29)15-21(20)30/h3-6,14-15,18,22-23H,7-13,16H2,1-2H3,(H2,31,34)/t22-,23+/m0/s1. The average Bonchev–Trinajstić information content (AvgIpc) is 3.70. The van der Waals surface area contributed by atoms with Gasteiger partial charge in [-0.3, -0.25) is 9.59 Å². The predicted octanol–water partition coefficient (Wildman–Crippen LogP) is 4.06. The molecule has 2 amide bonds. The Morgan fingerprint density at radius 1 is 1.08 bits per heavy atom. The molecular formula is C28H33Cl2N3O4. The van der Waals surface area contributed by atoms with E-state index in [1.807, 2.05) is 29.2 Å². The molecule has 3 saturated heterocycles. The van der Waals surface area contributed by atoms with E-state index in [1.54, 1.807) is 26.4 Å². The number of amides is 2. The highest BCUT2D eigenvalue weighted by atomic mass is 35.5. The van der Waals surface area contributed by atoms with Gasteiger partial charge in [0.2, 0.25) is 11.8 Å². The lowest BCUT2D eigenvalue weighted by Gasteiger charge is -2.51. The van der Waals surface area contributed by atoms with Crippen LogP contribution < -0.4 is 15.2 Å². The summed E-state index contributed by atoms with van der Waals surface area (Å²) < 4.78 is 10.8. The van der Waals surface area contributed by atoms with Crippen molar-refractivity contribution in [3.63, 3.8) is 0 Å². The zero-order chi connectivity index (χ0) is 26.3. The van der Waals surface area contributed by atoms with Crippen molar-refractivity contribution in [1.29, 1.82) is 0 Å². The van der Waals surface area contributed by atoms with Crippen LogP contribution in [0, 0.1) is 5.92 Å². The molecule has 2 atom stereocenters. The number of hydrogen-bond donors (Lipinski definition) is 1. The number of rotatable bonds is 9. The van der Waals surface area contributed by atoms with E-state index < -0.39 is 17.4 Å². The monoisotopic (exact) mass is 545 g/mol. The van der Waals surface area contributed by atoms with Gasteiger partial charge in [0.1, 0.15) is 6.04 Å². The van der Waals surface area contributed by atoms with Crippen molar-refractivity contribution in [3.8, 4) is 11.5 Å². The molecule has 4 aliphatic rings. The predicted molar refractivity (Wildman–Crippen MR) is 143 cm³/mol. The second-order valence-electron chi connectivity index (χ2n) is 10.4. The minimum absolute atomic E-state index is 0.0697. The zero-order valence-electron chi connectivity index (χ0n) is 21.2. The highest BCUT2D eigenvalue weighted by Crippen LogP contribution is 2.53. The van der Waals surface area contributed by atoms with Crippen LogP contribution in [0.15, 0.2) is 36.4 Å². The first kappa shape index (κ1) is 26.1. The second-order valence-corrected chi connectivity index (χ2v) is 11.3. The molecule has 7 nitrogen and oxygen atoms in total. The molecule has 4 fully saturated rings. The van der Waals surface area contributed by atoms with Crippen LogP contribution >= 0.6 is 23.2 Å². The third-order valence-electron chi connectivity index (χ3n) is 8.36. The summed E-state index contributed by atoms with van der Waals surface area (Å²) in [5.41, 5.74) is 6.91. The first-order chi connectivity index (χ1) is 17.8. The third kappa shape index (κ3) is 4.89. The number of carbonyl (C=O) groups is 2. The third-order valence-corrected chi connectivity index (χ3v) is 8.91. The van der Waals surface area contributed by atoms with Crippen LogP contribution in [-0.2, 0) is 21.4 Å². The summed E-state index contributed by atoms with van der Waals surface area (Å²) in [6.07, 6.45) is 3.64. The Bertz CT molecular complexity index is 1190. The van der Waals surface area contributed by atoms with E-state index in [4.69, 9.17) is 38.4 Å². The highest BCUT2D eigenvalue weighted by molar-refractivity contribution is 6.35. The lowest BCUT2D eigenvalue weighted by atomic mass is 9.80. The molecule has 6 rings (SSSR count). The topological polar surface area (TPSA) is 85.1 Å². The van der Waals surface area contributed by atoms with Gasteiger partial charge in [-0.05, 0) is 80.1 Å². The Kier molecular flexibility index (Phi) is 7.31. The minimum Gasteiger partial charge on any atom is -0.493 e. The van der Waals surface area contributed by atoms with Gasteiger partial charge < -0.3 is 25.0 Å². The minimum atomic E-state index is -0.806. The van der Waals surface area contributed by atoms with Crippen molar-refractivity contribution >= 4 is 35.0 Å². The summed E-state index contributed by atoms with van der Waals surface area (Å²) >= 11 is 12.8. The molecule has 1 aliphatic carbocycles. The van der Waals surface area contributed by atoms with E-state index in [9.17, 15) is 9.59 Å². The maximum Gasteiger partial charge on any atom is 0.240 e. The highest BCUT2D eigenvalue weighted by Gasteiger charge is 2.57. The molecule has 2 aromatic rings. The fraction of sp³-hybridized carbons (Fsp3) is 0.500. The van der Waals surface area contributed by atoms with Gasteiger partial charge >= 0.3 is 0 Å². The summed E-state index contributed by atoms with van der Waals surface area (Å²) in [5, 5.41) is 0.998. The molecule has 0 unspecified atom stereocenters. The van der Waals surface area contributed by atoms with Gasteiger partial charge in [-0.25, -0.2) is 0 Å². The van der Waals surface area contributed by atoms with Gasteiger partial charge in [-0.2, -0.15) is 0 Å². The van der Waals surface area contributed by atoms with Crippen molar-refractivity contribution in [2.24, 2.45) is 11.7 Å². The molecule has 0 radical (unpaired) electrons. The normalized spacial score (nSPS) is 24.3. The summed E-state index contributed by atoms with van der Waals surface area (Å²) in [4.78, 5) is 31.9. The van der Waals surface area contributed by atoms with Crippen molar-refractivity contribution in [1.82, 2.24) is 9.80 Å². The van der Waals surface area contributed by atoms with Gasteiger partial charge in [0.15, 0.2) is 11.5 Å². The van der Waals surface area contributed by atoms with Gasteiger partial charge in [0, 0.05) is 29.1 Å². The van der Waals surface area contributed by atoms with Gasteiger partial charge in [0.25, 0.3) is 0 Å². The molecule has 9 heteroatoms. The van der Waals surface area contributed by atoms with E-state index in [2.05, 4.69) is 4.90 Å². The van der Waals surface area contributed by atoms with Gasteiger partial charge in [0.05, 0.1) is 19.6 Å². The van der Waals surface area contributed by atoms with Crippen LogP contribution in [0.1, 0.15) is 36.8 Å². The summed E-state index contributed by atoms with van der Waals surface area (Å²) in [6, 6.07) is 9.94. The molecule has 1 saturated carbocycles. The number of benzene rings is 2. The summed E-state index contributed by atoms with van der Waals surface area (Å²) in [5.74, 6) is 0.909. The Morgan fingerprint density at radius 2 is 1.78 bits per heavy atom. The number of fused-ring (bicyclic) bond motifs is 3. The lowest BCUT2D eigenvalue weighted by molar-refractivity contribution is -0.149. The van der Waals surface area contributed by atoms with Crippen LogP contribution in [0.5, 0.6) is 11.5 Å². The number of hydrogen-bond acceptors (Lipinski definition) is 5. The first-order valence-electron chi connectivity index (χ1n) is 12.8. The number of primary amides is 1. The molecule has 0 aromatic heterocycles. The number of carbonyl (C=O) groups excluding carboxylic acids is 2. The van der Waals surface area contributed by atoms with E-state index in [0.717, 1.165) is 43.6 Å². The molecule has 2 N–H and O–H groups in total. The molecule has 0 spiro atoms. The fourth-order valence-electron chi connectivity index (χ4n) is 6.19. The molecule has 3 aliphatic heterocycles. The van der Waals surface area contributed by atoms with Crippen LogP contribution in [0.2, 0.25) is 10.0 Å². The van der Waals surface area contributed by atoms with E-state index >= 15 is 0 Å². The van der Waals surface area contributed by atoms with Crippen molar-refractivity contribution in [3.05, 3.63) is 57.6 Å². The largest absolute Gasteiger partial charge is 0.493 e. The second kappa shape index (κ2) is 10.4. The maximum absolute atomic E-state index is 14.6. The quantitative estimate of drug-likeness (QED) is 0.513. The van der Waals surface area contributed by atoms with E-state index in [-0.39, 0.29) is 18.4 Å². The molecule has 3 heterocycles. The molecule has 37 heavy (non-hydrogen) atoms. The SMILES string of the molecule is COc1ccc(C[C@@H](C(N)=O)N(C(=O)C2(c3ccc(Cl)cc3Cl)CC2)[C@@H]2CN3CCC2CC3)cc1OC. The van der Waals surface area contributed by atoms with Crippen molar-refractivity contribution in [2.45, 2.75) is 49.6 Å². The van der Waals surface area contributed by atoms with Crippen LogP contribution in [0.25, 0.3) is 0 Å². The van der Waals surface area contributed by atoms with E-state index in [0.29, 0.717) is 40.3 Å². The van der Waals surface area contributed by atoms with Crippen LogP contribution in [-0.4, -0.2) is 67.6 Å². The van der Waals surface area contributed by atoms with Gasteiger partial charge in [-0.1, -0.05) is 35.3 Å². The number of nitrogens with zero attached hydrogens (tertiary/aromatic N) is 2. The zero-order valence-corrected chi connectivity index (χ0v) is 22.7. The Labute approximate surface area is 227 Å². The number of halogens is 2. The number of piperidine rings is 3. The lowest BCUT2D eigenvalue weighted by Crippen LogP contribution is -2.65. The number of methoxy groups -OCH3 is 2. The maximum atomic E-state index is 14.6. The summed E-state index contributed by atoms with van der Waals surface area (Å²) in [7, 11) is 3.15. The fourth-order valence-corrected chi connectivity index (χ4v) is 6.78. The molecule has 2 bridgehead atoms. The Morgan fingerprint density at radius 3 is 2.32 bits per heavy atom. The van der Waals surface area contributed by atoms with Crippen molar-refractivity contribution < 1.29 is 19.1 Å². The molecular weight excluding hydrogens is 513 g/mol. The number of nitrogens with two attached hydrogens (primary N) is 1. The van der Waals surface area contributed by atoms with Crippen molar-refractivity contribution in [2.75, 3.05) is 33.9 Å². The van der Waals surface area contributed by atoms with Crippen LogP contribution in [0.4, 0.5) is 0 Å². The van der Waals surface area contributed by atoms with Gasteiger partial charge in [-0.15, -0.1) is 0 Å². The Hall–Kier alpha value is -2.48. The summed E-state index contributed by atoms with van der Waals surface area (Å²) in [6.45, 7) is 2.79. The molecule has 198 valence electrons. The number of ether oxygens (including phenoxy) is 2. The molecule has 2 aromatic carbocycles. The first-order valence-corrected chi connectivity index (χ1v) is 13.5. The smallest absolute Gasteiger partial charge is 0.240 e. The van der Waals surface area contributed by atoms with E-state index in [1.165, 1.54) is 0 Å². The Balaban J connectivity index is 1.54.